The highest BCUT2D eigenvalue weighted by Gasteiger charge is 2.19. The molecular formula is C9H13N3S. The van der Waals surface area contributed by atoms with Crippen LogP contribution in [0, 0.1) is 0 Å². The quantitative estimate of drug-likeness (QED) is 0.677. The van der Waals surface area contributed by atoms with Crippen molar-refractivity contribution in [3.63, 3.8) is 0 Å². The third-order valence-electron chi connectivity index (χ3n) is 2.22. The van der Waals surface area contributed by atoms with Crippen LogP contribution < -0.4 is 4.90 Å². The highest BCUT2D eigenvalue weighted by atomic mass is 32.2. The number of rotatable bonds is 1. The van der Waals surface area contributed by atoms with Gasteiger partial charge in [0, 0.05) is 30.3 Å². The lowest BCUT2D eigenvalue weighted by Crippen LogP contribution is -2.40. The number of nitrogens with zero attached hydrogens (tertiary/aromatic N) is 3. The van der Waals surface area contributed by atoms with Gasteiger partial charge in [0.2, 0.25) is 0 Å². The van der Waals surface area contributed by atoms with Crippen molar-refractivity contribution >= 4 is 17.6 Å². The Morgan fingerprint density at radius 1 is 1.62 bits per heavy atom. The summed E-state index contributed by atoms with van der Waals surface area (Å²) in [6.07, 6.45) is 1.72. The van der Waals surface area contributed by atoms with Crippen LogP contribution in [-0.2, 0) is 0 Å². The second-order valence-corrected chi connectivity index (χ2v) is 4.35. The molecule has 3 nitrogen and oxygen atoms in total. The van der Waals surface area contributed by atoms with E-state index in [0.29, 0.717) is 6.04 Å². The Hall–Kier alpha value is -0.770. The first-order valence-electron chi connectivity index (χ1n) is 4.50. The van der Waals surface area contributed by atoms with Crippen molar-refractivity contribution in [2.24, 2.45) is 0 Å². The fourth-order valence-electron chi connectivity index (χ4n) is 1.51. The zero-order valence-electron chi connectivity index (χ0n) is 7.68. The summed E-state index contributed by atoms with van der Waals surface area (Å²) in [5.41, 5.74) is 0. The van der Waals surface area contributed by atoms with Gasteiger partial charge in [0.05, 0.1) is 0 Å². The molecule has 1 aromatic rings. The molecule has 2 heterocycles. The first-order chi connectivity index (χ1) is 6.38. The van der Waals surface area contributed by atoms with Crippen LogP contribution in [0.25, 0.3) is 0 Å². The van der Waals surface area contributed by atoms with E-state index in [-0.39, 0.29) is 0 Å². The van der Waals surface area contributed by atoms with Gasteiger partial charge in [0.25, 0.3) is 0 Å². The third-order valence-corrected chi connectivity index (χ3v) is 3.41. The van der Waals surface area contributed by atoms with Crippen molar-refractivity contribution in [3.05, 3.63) is 18.3 Å². The second kappa shape index (κ2) is 3.96. The summed E-state index contributed by atoms with van der Waals surface area (Å²) in [4.78, 5) is 2.32. The standard InChI is InChI=1S/C9H13N3S/c1-8-7-13-6-5-12(8)9-3-2-4-10-11-9/h2-4,8H,5-7H2,1H3. The van der Waals surface area contributed by atoms with Crippen molar-refractivity contribution in [3.8, 4) is 0 Å². The number of thioether (sulfide) groups is 1. The largest absolute Gasteiger partial charge is 0.351 e. The molecule has 1 aromatic heterocycles. The molecule has 1 saturated heterocycles. The van der Waals surface area contributed by atoms with E-state index in [4.69, 9.17) is 0 Å². The molecule has 70 valence electrons. The van der Waals surface area contributed by atoms with E-state index < -0.39 is 0 Å². The lowest BCUT2D eigenvalue weighted by atomic mass is 10.3. The van der Waals surface area contributed by atoms with Gasteiger partial charge in [-0.05, 0) is 19.1 Å². The molecule has 0 aliphatic carbocycles. The molecule has 1 atom stereocenters. The molecule has 0 N–H and O–H groups in total. The van der Waals surface area contributed by atoms with Gasteiger partial charge in [0.15, 0.2) is 5.82 Å². The predicted octanol–water partition coefficient (Wildman–Crippen LogP) is 1.42. The Kier molecular flexibility index (Phi) is 2.68. The first-order valence-corrected chi connectivity index (χ1v) is 5.65. The number of aromatic nitrogens is 2. The van der Waals surface area contributed by atoms with Gasteiger partial charge in [0.1, 0.15) is 0 Å². The number of hydrogen-bond donors (Lipinski definition) is 0. The molecule has 1 unspecified atom stereocenters. The van der Waals surface area contributed by atoms with Crippen molar-refractivity contribution in [1.29, 1.82) is 0 Å². The molecular weight excluding hydrogens is 182 g/mol. The second-order valence-electron chi connectivity index (χ2n) is 3.20. The third kappa shape index (κ3) is 1.94. The van der Waals surface area contributed by atoms with E-state index in [1.165, 1.54) is 11.5 Å². The highest BCUT2D eigenvalue weighted by molar-refractivity contribution is 7.99. The Morgan fingerprint density at radius 3 is 3.23 bits per heavy atom. The zero-order chi connectivity index (χ0) is 9.10. The van der Waals surface area contributed by atoms with Gasteiger partial charge >= 0.3 is 0 Å². The first kappa shape index (κ1) is 8.81. The summed E-state index contributed by atoms with van der Waals surface area (Å²) in [6.45, 7) is 3.32. The molecule has 2 rings (SSSR count). The molecule has 0 radical (unpaired) electrons. The minimum Gasteiger partial charge on any atom is -0.351 e. The van der Waals surface area contributed by atoms with Crippen molar-refractivity contribution in [1.82, 2.24) is 10.2 Å². The lowest BCUT2D eigenvalue weighted by Gasteiger charge is -2.33. The van der Waals surface area contributed by atoms with Crippen LogP contribution in [0.1, 0.15) is 6.92 Å². The maximum atomic E-state index is 4.12. The molecule has 1 aliphatic rings. The summed E-state index contributed by atoms with van der Waals surface area (Å²) in [7, 11) is 0. The monoisotopic (exact) mass is 195 g/mol. The summed E-state index contributed by atoms with van der Waals surface area (Å²) >= 11 is 2.01. The van der Waals surface area contributed by atoms with E-state index in [1.807, 2.05) is 23.9 Å². The SMILES string of the molecule is CC1CSCCN1c1cccnn1. The summed E-state index contributed by atoms with van der Waals surface area (Å²) < 4.78 is 0. The maximum Gasteiger partial charge on any atom is 0.151 e. The van der Waals surface area contributed by atoms with Gasteiger partial charge in [-0.3, -0.25) is 0 Å². The maximum absolute atomic E-state index is 4.12. The van der Waals surface area contributed by atoms with Crippen LogP contribution in [0.3, 0.4) is 0 Å². The van der Waals surface area contributed by atoms with Crippen LogP contribution in [0.5, 0.6) is 0 Å². The van der Waals surface area contributed by atoms with E-state index in [1.54, 1.807) is 6.20 Å². The van der Waals surface area contributed by atoms with Gasteiger partial charge < -0.3 is 4.90 Å². The molecule has 4 heteroatoms. The van der Waals surface area contributed by atoms with Crippen LogP contribution in [0.2, 0.25) is 0 Å². The van der Waals surface area contributed by atoms with E-state index in [0.717, 1.165) is 12.4 Å². The molecule has 1 fully saturated rings. The minimum absolute atomic E-state index is 0.579. The summed E-state index contributed by atoms with van der Waals surface area (Å²) in [5.74, 6) is 3.40. The topological polar surface area (TPSA) is 29.0 Å². The lowest BCUT2D eigenvalue weighted by molar-refractivity contribution is 0.683. The van der Waals surface area contributed by atoms with Crippen LogP contribution in [0.15, 0.2) is 18.3 Å². The van der Waals surface area contributed by atoms with E-state index in [9.17, 15) is 0 Å². The molecule has 0 spiro atoms. The molecule has 13 heavy (non-hydrogen) atoms. The van der Waals surface area contributed by atoms with Gasteiger partial charge in [-0.15, -0.1) is 5.10 Å². The van der Waals surface area contributed by atoms with E-state index in [2.05, 4.69) is 22.0 Å². The fraction of sp³-hybridized carbons (Fsp3) is 0.556. The Bertz CT molecular complexity index is 265. The Balaban J connectivity index is 2.15. The fourth-order valence-corrected chi connectivity index (χ4v) is 2.53. The normalized spacial score (nSPS) is 23.2. The highest BCUT2D eigenvalue weighted by Crippen LogP contribution is 2.20. The van der Waals surface area contributed by atoms with E-state index >= 15 is 0 Å². The average molecular weight is 195 g/mol. The van der Waals surface area contributed by atoms with Crippen molar-refractivity contribution in [2.75, 3.05) is 23.0 Å². The van der Waals surface area contributed by atoms with Crippen LogP contribution >= 0.6 is 11.8 Å². The molecule has 0 aromatic carbocycles. The minimum atomic E-state index is 0.579. The number of hydrogen-bond acceptors (Lipinski definition) is 4. The van der Waals surface area contributed by atoms with Gasteiger partial charge in [-0.1, -0.05) is 0 Å². The van der Waals surface area contributed by atoms with Crippen LogP contribution in [-0.4, -0.2) is 34.3 Å². The smallest absolute Gasteiger partial charge is 0.151 e. The zero-order valence-corrected chi connectivity index (χ0v) is 8.50. The molecule has 1 aliphatic heterocycles. The predicted molar refractivity (Wildman–Crippen MR) is 56.2 cm³/mol. The Labute approximate surface area is 82.5 Å². The van der Waals surface area contributed by atoms with Crippen molar-refractivity contribution in [2.45, 2.75) is 13.0 Å². The number of anilines is 1. The average Bonchev–Trinajstić information content (AvgIpc) is 2.20. The van der Waals surface area contributed by atoms with Crippen molar-refractivity contribution < 1.29 is 0 Å². The summed E-state index contributed by atoms with van der Waals surface area (Å²) in [6, 6.07) is 4.55. The molecule has 0 amide bonds. The van der Waals surface area contributed by atoms with Crippen LogP contribution in [0.4, 0.5) is 5.82 Å². The Morgan fingerprint density at radius 2 is 2.54 bits per heavy atom. The molecule has 0 bridgehead atoms. The molecule has 0 saturated carbocycles. The van der Waals surface area contributed by atoms with Gasteiger partial charge in [-0.2, -0.15) is 16.9 Å². The van der Waals surface area contributed by atoms with Gasteiger partial charge in [-0.25, -0.2) is 0 Å². The summed E-state index contributed by atoms with van der Waals surface area (Å²) in [5, 5.41) is 8.02.